The molecule has 0 spiro atoms. The van der Waals surface area contributed by atoms with E-state index in [1.807, 2.05) is 0 Å². The fourth-order valence-electron chi connectivity index (χ4n) is 1.50. The van der Waals surface area contributed by atoms with Gasteiger partial charge in [0.2, 0.25) is 0 Å². The molecule has 0 fully saturated rings. The zero-order valence-corrected chi connectivity index (χ0v) is 11.8. The van der Waals surface area contributed by atoms with Crippen LogP contribution in [0.2, 0.25) is 5.02 Å². The number of pyridine rings is 1. The molecule has 0 bridgehead atoms. The lowest BCUT2D eigenvalue weighted by Crippen LogP contribution is -2.14. The van der Waals surface area contributed by atoms with E-state index in [0.29, 0.717) is 0 Å². The molecular weight excluding hydrogens is 323 g/mol. The van der Waals surface area contributed by atoms with Gasteiger partial charge in [-0.15, -0.1) is 0 Å². The summed E-state index contributed by atoms with van der Waals surface area (Å²) in [4.78, 5) is 13.9. The molecule has 0 aliphatic rings. The number of anilines is 1. The third-order valence-electron chi connectivity index (χ3n) is 2.41. The van der Waals surface area contributed by atoms with Crippen molar-refractivity contribution < 1.29 is 22.7 Å². The second-order valence-electron chi connectivity index (χ2n) is 3.92. The number of hydrogen-bond acceptors (Lipinski definition) is 4. The number of benzene rings is 1. The molecule has 2 rings (SSSR count). The van der Waals surface area contributed by atoms with Gasteiger partial charge < -0.3 is 5.11 Å². The van der Waals surface area contributed by atoms with Gasteiger partial charge in [0.1, 0.15) is 16.4 Å². The lowest BCUT2D eigenvalue weighted by atomic mass is 10.3. The molecule has 0 saturated heterocycles. The van der Waals surface area contributed by atoms with E-state index in [9.17, 15) is 17.6 Å². The van der Waals surface area contributed by atoms with Crippen molar-refractivity contribution in [3.63, 3.8) is 0 Å². The molecular formula is C12H8ClFN2O4S. The Morgan fingerprint density at radius 1 is 1.29 bits per heavy atom. The zero-order valence-electron chi connectivity index (χ0n) is 10.2. The molecule has 0 saturated carbocycles. The van der Waals surface area contributed by atoms with Crippen molar-refractivity contribution in [3.05, 3.63) is 53.1 Å². The summed E-state index contributed by atoms with van der Waals surface area (Å²) in [5.41, 5.74) is -0.358. The number of aromatic carboxylic acids is 1. The molecule has 9 heteroatoms. The summed E-state index contributed by atoms with van der Waals surface area (Å²) < 4.78 is 39.5. The fraction of sp³-hybridized carbons (Fsp3) is 0. The molecule has 2 aromatic rings. The topological polar surface area (TPSA) is 96.4 Å². The normalized spacial score (nSPS) is 11.1. The number of carboxylic acids is 1. The summed E-state index contributed by atoms with van der Waals surface area (Å²) >= 11 is 5.74. The Kier molecular flexibility index (Phi) is 4.10. The van der Waals surface area contributed by atoms with Crippen LogP contribution in [0.4, 0.5) is 10.1 Å². The van der Waals surface area contributed by atoms with Crippen molar-refractivity contribution in [2.75, 3.05) is 4.72 Å². The van der Waals surface area contributed by atoms with E-state index in [0.717, 1.165) is 30.5 Å². The molecule has 0 aliphatic heterocycles. The maximum absolute atomic E-state index is 13.1. The number of aromatic nitrogens is 1. The Balaban J connectivity index is 2.40. The third kappa shape index (κ3) is 3.47. The Labute approximate surface area is 124 Å². The Bertz CT molecular complexity index is 811. The molecule has 0 aliphatic carbocycles. The number of hydrogen-bond donors (Lipinski definition) is 2. The van der Waals surface area contributed by atoms with E-state index in [2.05, 4.69) is 9.71 Å². The van der Waals surface area contributed by atoms with Gasteiger partial charge in [0, 0.05) is 6.20 Å². The van der Waals surface area contributed by atoms with Crippen LogP contribution >= 0.6 is 11.6 Å². The average molecular weight is 331 g/mol. The first-order chi connectivity index (χ1) is 9.79. The SMILES string of the molecule is O=C(O)c1cc(NS(=O)(=O)c2cc(F)ccc2Cl)ccn1. The lowest BCUT2D eigenvalue weighted by molar-refractivity contribution is 0.0690. The van der Waals surface area contributed by atoms with Crippen molar-refractivity contribution in [2.45, 2.75) is 4.90 Å². The number of sulfonamides is 1. The van der Waals surface area contributed by atoms with Crippen LogP contribution in [0.5, 0.6) is 0 Å². The van der Waals surface area contributed by atoms with Gasteiger partial charge in [-0.2, -0.15) is 0 Å². The predicted molar refractivity (Wildman–Crippen MR) is 73.4 cm³/mol. The van der Waals surface area contributed by atoms with Gasteiger partial charge in [-0.1, -0.05) is 11.6 Å². The van der Waals surface area contributed by atoms with Crippen LogP contribution in [-0.2, 0) is 10.0 Å². The molecule has 110 valence electrons. The lowest BCUT2D eigenvalue weighted by Gasteiger charge is -2.09. The van der Waals surface area contributed by atoms with Gasteiger partial charge in [-0.3, -0.25) is 4.72 Å². The van der Waals surface area contributed by atoms with E-state index in [4.69, 9.17) is 16.7 Å². The Morgan fingerprint density at radius 3 is 2.67 bits per heavy atom. The molecule has 6 nitrogen and oxygen atoms in total. The minimum absolute atomic E-state index is 0.0253. The van der Waals surface area contributed by atoms with Crippen LogP contribution in [-0.4, -0.2) is 24.5 Å². The molecule has 0 atom stereocenters. The molecule has 1 aromatic carbocycles. The summed E-state index contributed by atoms with van der Waals surface area (Å²) in [5.74, 6) is -2.07. The highest BCUT2D eigenvalue weighted by molar-refractivity contribution is 7.92. The van der Waals surface area contributed by atoms with Crippen LogP contribution in [0.3, 0.4) is 0 Å². The van der Waals surface area contributed by atoms with Crippen LogP contribution < -0.4 is 4.72 Å². The Morgan fingerprint density at radius 2 is 2.00 bits per heavy atom. The standard InChI is InChI=1S/C12H8ClFN2O4S/c13-9-2-1-7(14)5-11(9)21(19,20)16-8-3-4-15-10(6-8)12(17)18/h1-6H,(H,15,16)(H,17,18). The monoisotopic (exact) mass is 330 g/mol. The fourth-order valence-corrected chi connectivity index (χ4v) is 3.07. The van der Waals surface area contributed by atoms with Crippen molar-refractivity contribution in [2.24, 2.45) is 0 Å². The van der Waals surface area contributed by atoms with Gasteiger partial charge in [-0.25, -0.2) is 22.6 Å². The Hall–Kier alpha value is -2.19. The van der Waals surface area contributed by atoms with Crippen molar-refractivity contribution >= 4 is 33.3 Å². The molecule has 0 amide bonds. The molecule has 1 heterocycles. The maximum atomic E-state index is 13.1. The van der Waals surface area contributed by atoms with Gasteiger partial charge in [0.15, 0.2) is 0 Å². The second-order valence-corrected chi connectivity index (χ2v) is 5.97. The van der Waals surface area contributed by atoms with Gasteiger partial charge >= 0.3 is 5.97 Å². The number of nitrogens with zero attached hydrogens (tertiary/aromatic N) is 1. The van der Waals surface area contributed by atoms with Crippen LogP contribution in [0.1, 0.15) is 10.5 Å². The van der Waals surface area contributed by atoms with Crippen LogP contribution in [0.15, 0.2) is 41.4 Å². The minimum Gasteiger partial charge on any atom is -0.477 e. The summed E-state index contributed by atoms with van der Waals surface area (Å²) in [6, 6.07) is 5.20. The van der Waals surface area contributed by atoms with Crippen molar-refractivity contribution in [1.29, 1.82) is 0 Å². The van der Waals surface area contributed by atoms with Gasteiger partial charge in [0.25, 0.3) is 10.0 Å². The van der Waals surface area contributed by atoms with Crippen molar-refractivity contribution in [3.8, 4) is 0 Å². The summed E-state index contributed by atoms with van der Waals surface area (Å²) in [5, 5.41) is 8.64. The maximum Gasteiger partial charge on any atom is 0.354 e. The predicted octanol–water partition coefficient (Wildman–Crippen LogP) is 2.37. The first-order valence-corrected chi connectivity index (χ1v) is 7.33. The number of carboxylic acid groups (broad SMARTS) is 1. The largest absolute Gasteiger partial charge is 0.477 e. The van der Waals surface area contributed by atoms with E-state index in [-0.39, 0.29) is 16.4 Å². The zero-order chi connectivity index (χ0) is 15.6. The highest BCUT2D eigenvalue weighted by Crippen LogP contribution is 2.24. The summed E-state index contributed by atoms with van der Waals surface area (Å²) in [7, 11) is -4.15. The highest BCUT2D eigenvalue weighted by atomic mass is 35.5. The van der Waals surface area contributed by atoms with Crippen molar-refractivity contribution in [1.82, 2.24) is 4.98 Å². The summed E-state index contributed by atoms with van der Waals surface area (Å²) in [6.45, 7) is 0. The molecule has 21 heavy (non-hydrogen) atoms. The molecule has 0 radical (unpaired) electrons. The second kappa shape index (κ2) is 5.66. The van der Waals surface area contributed by atoms with Gasteiger partial charge in [-0.05, 0) is 30.3 Å². The third-order valence-corrected chi connectivity index (χ3v) is 4.28. The molecule has 1 aromatic heterocycles. The molecule has 0 unspecified atom stereocenters. The van der Waals surface area contributed by atoms with E-state index >= 15 is 0 Å². The first-order valence-electron chi connectivity index (χ1n) is 5.47. The van der Waals surface area contributed by atoms with E-state index in [1.54, 1.807) is 0 Å². The van der Waals surface area contributed by atoms with E-state index in [1.165, 1.54) is 6.07 Å². The van der Waals surface area contributed by atoms with Crippen LogP contribution in [0.25, 0.3) is 0 Å². The molecule has 2 N–H and O–H groups in total. The number of carbonyl (C=O) groups is 1. The van der Waals surface area contributed by atoms with Gasteiger partial charge in [0.05, 0.1) is 10.7 Å². The quantitative estimate of drug-likeness (QED) is 0.897. The number of halogens is 2. The number of rotatable bonds is 4. The number of nitrogens with one attached hydrogen (secondary N) is 1. The van der Waals surface area contributed by atoms with E-state index < -0.39 is 26.7 Å². The van der Waals surface area contributed by atoms with Crippen LogP contribution in [0, 0.1) is 5.82 Å². The smallest absolute Gasteiger partial charge is 0.354 e. The highest BCUT2D eigenvalue weighted by Gasteiger charge is 2.19. The minimum atomic E-state index is -4.15. The summed E-state index contributed by atoms with van der Waals surface area (Å²) in [6.07, 6.45) is 1.13. The first kappa shape index (κ1) is 15.2. The average Bonchev–Trinajstić information content (AvgIpc) is 2.41.